The van der Waals surface area contributed by atoms with Crippen LogP contribution in [0.4, 0.5) is 0 Å². The number of hydrogen-bond acceptors (Lipinski definition) is 7. The van der Waals surface area contributed by atoms with Crippen LogP contribution in [-0.4, -0.2) is 28.3 Å². The van der Waals surface area contributed by atoms with Gasteiger partial charge in [0.05, 0.1) is 12.4 Å². The van der Waals surface area contributed by atoms with Gasteiger partial charge in [-0.1, -0.05) is 77.3 Å². The molecule has 3 aromatic carbocycles. The van der Waals surface area contributed by atoms with E-state index < -0.39 is 0 Å². The molecule has 0 N–H and O–H groups in total. The first kappa shape index (κ1) is 20.9. The minimum absolute atomic E-state index is 0.0724. The van der Waals surface area contributed by atoms with E-state index in [4.69, 9.17) is 4.74 Å². The Hall–Kier alpha value is -2.35. The van der Waals surface area contributed by atoms with Crippen LogP contribution in [0.15, 0.2) is 75.4 Å². The number of ketones is 1. The Morgan fingerprint density at radius 1 is 0.933 bits per heavy atom. The molecule has 0 amide bonds. The number of aromatic nitrogens is 2. The summed E-state index contributed by atoms with van der Waals surface area (Å²) >= 11 is 4.65. The molecule has 30 heavy (non-hydrogen) atoms. The van der Waals surface area contributed by atoms with Crippen LogP contribution >= 0.6 is 34.9 Å². The zero-order valence-corrected chi connectivity index (χ0v) is 18.9. The second-order valence-electron chi connectivity index (χ2n) is 6.43. The van der Waals surface area contributed by atoms with Crippen molar-refractivity contribution >= 4 is 51.4 Å². The minimum atomic E-state index is 0.0724. The molecule has 0 radical (unpaired) electrons. The van der Waals surface area contributed by atoms with Crippen LogP contribution in [0.2, 0.25) is 0 Å². The van der Waals surface area contributed by atoms with Gasteiger partial charge in [-0.2, -0.15) is 0 Å². The molecule has 152 valence electrons. The number of nitrogens with zero attached hydrogens (tertiary/aromatic N) is 2. The van der Waals surface area contributed by atoms with Gasteiger partial charge in [-0.05, 0) is 47.5 Å². The highest BCUT2D eigenvalue weighted by atomic mass is 32.2. The van der Waals surface area contributed by atoms with Crippen LogP contribution in [0.3, 0.4) is 0 Å². The number of carbonyl (C=O) groups excluding carboxylic acids is 1. The molecule has 0 saturated heterocycles. The van der Waals surface area contributed by atoms with Gasteiger partial charge in [0, 0.05) is 11.3 Å². The number of rotatable bonds is 9. The van der Waals surface area contributed by atoms with Crippen molar-refractivity contribution in [1.82, 2.24) is 10.2 Å². The molecule has 0 atom stereocenters. The summed E-state index contributed by atoms with van der Waals surface area (Å²) in [6, 6.07) is 22.0. The molecule has 0 unspecified atom stereocenters. The molecule has 0 fully saturated rings. The Morgan fingerprint density at radius 3 is 2.47 bits per heavy atom. The molecular formula is C23H20N2O2S3. The fraction of sp³-hybridized carbons (Fsp3) is 0.174. The van der Waals surface area contributed by atoms with Crippen molar-refractivity contribution in [2.75, 3.05) is 12.4 Å². The number of thioether (sulfide) groups is 2. The number of fused-ring (bicyclic) bond motifs is 1. The number of carbonyl (C=O) groups is 1. The summed E-state index contributed by atoms with van der Waals surface area (Å²) in [7, 11) is 0. The summed E-state index contributed by atoms with van der Waals surface area (Å²) in [5, 5.41) is 11.0. The predicted molar refractivity (Wildman–Crippen MR) is 126 cm³/mol. The molecule has 0 aliphatic heterocycles. The lowest BCUT2D eigenvalue weighted by atomic mass is 10.1. The van der Waals surface area contributed by atoms with Gasteiger partial charge in [-0.15, -0.1) is 10.2 Å². The third kappa shape index (κ3) is 5.22. The maximum atomic E-state index is 12.4. The zero-order valence-electron chi connectivity index (χ0n) is 16.4. The average molecular weight is 453 g/mol. The Bertz CT molecular complexity index is 1140. The lowest BCUT2D eigenvalue weighted by molar-refractivity contribution is 0.102. The SMILES string of the molecule is CCOc1ccc(C(=O)CSc2nnc(SCc3cccc4ccccc34)s2)cc1. The summed E-state index contributed by atoms with van der Waals surface area (Å²) in [6.07, 6.45) is 0. The molecule has 1 heterocycles. The van der Waals surface area contributed by atoms with Crippen LogP contribution in [0.5, 0.6) is 5.75 Å². The molecule has 4 nitrogen and oxygen atoms in total. The fourth-order valence-electron chi connectivity index (χ4n) is 2.99. The Balaban J connectivity index is 1.32. The smallest absolute Gasteiger partial charge is 0.175 e. The van der Waals surface area contributed by atoms with Crippen LogP contribution < -0.4 is 4.74 Å². The molecule has 0 aliphatic carbocycles. The topological polar surface area (TPSA) is 52.1 Å². The van der Waals surface area contributed by atoms with Crippen LogP contribution in [0.1, 0.15) is 22.8 Å². The molecule has 1 aromatic heterocycles. The third-order valence-electron chi connectivity index (χ3n) is 4.43. The van der Waals surface area contributed by atoms with Crippen molar-refractivity contribution in [3.63, 3.8) is 0 Å². The normalized spacial score (nSPS) is 11.0. The second kappa shape index (κ2) is 10.1. The summed E-state index contributed by atoms with van der Waals surface area (Å²) in [5.41, 5.74) is 1.97. The standard InChI is InChI=1S/C23H20N2O2S3/c1-2-27-19-12-10-17(11-13-19)21(26)15-29-23-25-24-22(30-23)28-14-18-8-5-7-16-6-3-4-9-20(16)18/h3-13H,2,14-15H2,1H3. The van der Waals surface area contributed by atoms with E-state index in [0.717, 1.165) is 20.2 Å². The van der Waals surface area contributed by atoms with E-state index in [2.05, 4.69) is 52.7 Å². The summed E-state index contributed by atoms with van der Waals surface area (Å²) < 4.78 is 7.15. The minimum Gasteiger partial charge on any atom is -0.494 e. The first-order valence-corrected chi connectivity index (χ1v) is 12.3. The first-order valence-electron chi connectivity index (χ1n) is 9.54. The van der Waals surface area contributed by atoms with Crippen molar-refractivity contribution in [1.29, 1.82) is 0 Å². The van der Waals surface area contributed by atoms with Crippen LogP contribution in [-0.2, 0) is 5.75 Å². The zero-order chi connectivity index (χ0) is 20.8. The second-order valence-corrected chi connectivity index (χ2v) is 9.85. The molecule has 4 rings (SSSR count). The van der Waals surface area contributed by atoms with Crippen LogP contribution in [0, 0.1) is 0 Å². The van der Waals surface area contributed by atoms with E-state index in [9.17, 15) is 4.79 Å². The van der Waals surface area contributed by atoms with E-state index in [-0.39, 0.29) is 5.78 Å². The summed E-state index contributed by atoms with van der Waals surface area (Å²) in [5.74, 6) is 2.03. The lowest BCUT2D eigenvalue weighted by Crippen LogP contribution is -2.02. The number of hydrogen-bond donors (Lipinski definition) is 0. The number of Topliss-reactive ketones (excluding diaryl/α,β-unsaturated/α-hetero) is 1. The van der Waals surface area contributed by atoms with E-state index in [0.29, 0.717) is 17.9 Å². The highest BCUT2D eigenvalue weighted by Gasteiger charge is 2.11. The molecule has 0 saturated carbocycles. The molecule has 0 bridgehead atoms. The van der Waals surface area contributed by atoms with Gasteiger partial charge in [-0.25, -0.2) is 0 Å². The number of ether oxygens (including phenoxy) is 1. The highest BCUT2D eigenvalue weighted by Crippen LogP contribution is 2.32. The average Bonchev–Trinajstić information content (AvgIpc) is 3.24. The van der Waals surface area contributed by atoms with Crippen molar-refractivity contribution in [3.8, 4) is 5.75 Å². The Morgan fingerprint density at radius 2 is 1.67 bits per heavy atom. The van der Waals surface area contributed by atoms with Gasteiger partial charge in [0.15, 0.2) is 14.5 Å². The largest absolute Gasteiger partial charge is 0.494 e. The maximum absolute atomic E-state index is 12.4. The summed E-state index contributed by atoms with van der Waals surface area (Å²) in [6.45, 7) is 2.55. The fourth-order valence-corrected chi connectivity index (χ4v) is 5.90. The van der Waals surface area contributed by atoms with Gasteiger partial charge in [0.2, 0.25) is 0 Å². The Labute approximate surface area is 188 Å². The van der Waals surface area contributed by atoms with E-state index in [1.54, 1.807) is 23.9 Å². The van der Waals surface area contributed by atoms with E-state index >= 15 is 0 Å². The van der Waals surface area contributed by atoms with Crippen molar-refractivity contribution in [2.45, 2.75) is 21.4 Å². The number of benzene rings is 3. The molecule has 4 aromatic rings. The van der Waals surface area contributed by atoms with Gasteiger partial charge in [0.1, 0.15) is 5.75 Å². The molecule has 0 aliphatic rings. The maximum Gasteiger partial charge on any atom is 0.175 e. The van der Waals surface area contributed by atoms with E-state index in [1.165, 1.54) is 39.4 Å². The molecule has 7 heteroatoms. The highest BCUT2D eigenvalue weighted by molar-refractivity contribution is 8.03. The van der Waals surface area contributed by atoms with Gasteiger partial charge >= 0.3 is 0 Å². The van der Waals surface area contributed by atoms with Gasteiger partial charge in [-0.3, -0.25) is 4.79 Å². The third-order valence-corrected chi connectivity index (χ3v) is 7.67. The van der Waals surface area contributed by atoms with Crippen molar-refractivity contribution < 1.29 is 9.53 Å². The monoisotopic (exact) mass is 452 g/mol. The summed E-state index contributed by atoms with van der Waals surface area (Å²) in [4.78, 5) is 12.4. The van der Waals surface area contributed by atoms with Gasteiger partial charge in [0.25, 0.3) is 0 Å². The van der Waals surface area contributed by atoms with E-state index in [1.807, 2.05) is 19.1 Å². The van der Waals surface area contributed by atoms with Gasteiger partial charge < -0.3 is 4.74 Å². The first-order chi connectivity index (χ1) is 14.7. The van der Waals surface area contributed by atoms with Crippen molar-refractivity contribution in [3.05, 3.63) is 77.9 Å². The quantitative estimate of drug-likeness (QED) is 0.218. The lowest BCUT2D eigenvalue weighted by Gasteiger charge is -2.04. The Kier molecular flexibility index (Phi) is 7.04. The van der Waals surface area contributed by atoms with Crippen LogP contribution in [0.25, 0.3) is 10.8 Å². The van der Waals surface area contributed by atoms with Crippen molar-refractivity contribution in [2.24, 2.45) is 0 Å². The molecular weight excluding hydrogens is 432 g/mol. The molecule has 0 spiro atoms. The predicted octanol–water partition coefficient (Wildman–Crippen LogP) is 6.36.